The lowest BCUT2D eigenvalue weighted by molar-refractivity contribution is 0.594. The van der Waals surface area contributed by atoms with E-state index in [4.69, 9.17) is 5.73 Å². The van der Waals surface area contributed by atoms with Crippen LogP contribution < -0.4 is 14.9 Å². The zero-order chi connectivity index (χ0) is 17.9. The highest BCUT2D eigenvalue weighted by Crippen LogP contribution is 2.29. The maximum Gasteiger partial charge on any atom is 0.264 e. The number of para-hydroxylation sites is 1. The predicted molar refractivity (Wildman–Crippen MR) is 109 cm³/mol. The molecule has 2 aromatic rings. The minimum Gasteiger partial charge on any atom is -0.397 e. The van der Waals surface area contributed by atoms with E-state index >= 15 is 0 Å². The summed E-state index contributed by atoms with van der Waals surface area (Å²) >= 11 is 0. The Hall–Kier alpha value is -2.77. The van der Waals surface area contributed by atoms with Gasteiger partial charge < -0.3 is 10.6 Å². The van der Waals surface area contributed by atoms with Crippen LogP contribution in [0.1, 0.15) is 0 Å². The second kappa shape index (κ2) is 8.07. The second-order valence-electron chi connectivity index (χ2n) is 5.37. The van der Waals surface area contributed by atoms with Crippen LogP contribution in [0, 0.1) is 0 Å². The van der Waals surface area contributed by atoms with Crippen molar-refractivity contribution in [1.82, 2.24) is 0 Å². The molecule has 6 nitrogen and oxygen atoms in total. The van der Waals surface area contributed by atoms with E-state index in [-0.39, 0.29) is 17.3 Å². The van der Waals surface area contributed by atoms with Crippen molar-refractivity contribution in [2.24, 2.45) is 4.99 Å². The molecule has 0 unspecified atom stereocenters. The van der Waals surface area contributed by atoms with Crippen LogP contribution in [0.25, 0.3) is 0 Å². The lowest BCUT2D eigenvalue weighted by Crippen LogP contribution is -2.26. The largest absolute Gasteiger partial charge is 0.397 e. The third-order valence-corrected chi connectivity index (χ3v) is 5.57. The summed E-state index contributed by atoms with van der Waals surface area (Å²) in [6.45, 7) is 0. The van der Waals surface area contributed by atoms with Crippen molar-refractivity contribution in [3.8, 4) is 0 Å². The molecular weight excluding hydrogens is 372 g/mol. The fraction of sp³-hybridized carbons (Fsp3) is 0.0556. The van der Waals surface area contributed by atoms with E-state index in [1.54, 1.807) is 72.2 Å². The highest BCUT2D eigenvalue weighted by atomic mass is 35.5. The highest BCUT2D eigenvalue weighted by Gasteiger charge is 2.22. The first kappa shape index (κ1) is 19.6. The molecule has 0 spiro atoms. The molecule has 0 fully saturated rings. The van der Waals surface area contributed by atoms with Gasteiger partial charge in [0.15, 0.2) is 0 Å². The number of allylic oxidation sites excluding steroid dienone is 1. The number of benzene rings is 2. The van der Waals surface area contributed by atoms with Crippen molar-refractivity contribution in [1.29, 1.82) is 0 Å². The fourth-order valence-electron chi connectivity index (χ4n) is 2.41. The van der Waals surface area contributed by atoms with Crippen molar-refractivity contribution in [3.63, 3.8) is 0 Å². The SMILES string of the molecule is CN(c1ccccc1)S(=O)(=O)c1ccc(N2C=CC=NC=C2)c(N)c1.Cl. The van der Waals surface area contributed by atoms with E-state index in [1.807, 2.05) is 6.07 Å². The van der Waals surface area contributed by atoms with Crippen LogP contribution >= 0.6 is 12.4 Å². The molecule has 0 radical (unpaired) electrons. The molecule has 0 saturated heterocycles. The Morgan fingerprint density at radius 2 is 1.81 bits per heavy atom. The van der Waals surface area contributed by atoms with Crippen molar-refractivity contribution < 1.29 is 8.42 Å². The quantitative estimate of drug-likeness (QED) is 0.811. The van der Waals surface area contributed by atoms with Crippen LogP contribution in [0.3, 0.4) is 0 Å². The molecule has 1 aliphatic heterocycles. The van der Waals surface area contributed by atoms with E-state index in [2.05, 4.69) is 4.99 Å². The Morgan fingerprint density at radius 3 is 2.50 bits per heavy atom. The number of nitrogen functional groups attached to an aromatic ring is 1. The summed E-state index contributed by atoms with van der Waals surface area (Å²) in [4.78, 5) is 5.93. The Balaban J connectivity index is 0.00000243. The van der Waals surface area contributed by atoms with Gasteiger partial charge in [0.2, 0.25) is 0 Å². The van der Waals surface area contributed by atoms with E-state index < -0.39 is 10.0 Å². The topological polar surface area (TPSA) is 79.0 Å². The van der Waals surface area contributed by atoms with Gasteiger partial charge >= 0.3 is 0 Å². The Bertz CT molecular complexity index is 940. The van der Waals surface area contributed by atoms with E-state index in [0.29, 0.717) is 17.1 Å². The van der Waals surface area contributed by atoms with Gasteiger partial charge in [-0.05, 0) is 36.4 Å². The first-order valence-corrected chi connectivity index (χ1v) is 9.02. The molecule has 0 bridgehead atoms. The predicted octanol–water partition coefficient (Wildman–Crippen LogP) is 3.39. The molecule has 2 N–H and O–H groups in total. The van der Waals surface area contributed by atoms with Gasteiger partial charge in [0, 0.05) is 31.9 Å². The average molecular weight is 391 g/mol. The summed E-state index contributed by atoms with van der Waals surface area (Å²) in [6, 6.07) is 13.6. The summed E-state index contributed by atoms with van der Waals surface area (Å²) in [7, 11) is -2.17. The molecule has 0 amide bonds. The Kier molecular flexibility index (Phi) is 6.07. The number of halogens is 1. The molecule has 2 aromatic carbocycles. The molecule has 0 aliphatic carbocycles. The molecule has 136 valence electrons. The van der Waals surface area contributed by atoms with Crippen LogP contribution in [0.4, 0.5) is 17.1 Å². The van der Waals surface area contributed by atoms with Gasteiger partial charge in [-0.15, -0.1) is 12.4 Å². The first-order chi connectivity index (χ1) is 12.0. The van der Waals surface area contributed by atoms with Gasteiger partial charge in [-0.3, -0.25) is 9.30 Å². The minimum atomic E-state index is -3.70. The molecule has 1 heterocycles. The zero-order valence-corrected chi connectivity index (χ0v) is 15.7. The summed E-state index contributed by atoms with van der Waals surface area (Å²) < 4.78 is 26.9. The van der Waals surface area contributed by atoms with Crippen LogP contribution in [-0.4, -0.2) is 21.7 Å². The lowest BCUT2D eigenvalue weighted by Gasteiger charge is -2.21. The molecule has 0 saturated carbocycles. The molecule has 0 aromatic heterocycles. The average Bonchev–Trinajstić information content (AvgIpc) is 2.91. The molecule has 26 heavy (non-hydrogen) atoms. The molecule has 8 heteroatoms. The second-order valence-corrected chi connectivity index (χ2v) is 7.34. The van der Waals surface area contributed by atoms with Gasteiger partial charge in [0.1, 0.15) is 0 Å². The lowest BCUT2D eigenvalue weighted by atomic mass is 10.2. The highest BCUT2D eigenvalue weighted by molar-refractivity contribution is 7.92. The maximum atomic E-state index is 12.8. The number of nitrogens with two attached hydrogens (primary N) is 1. The van der Waals surface area contributed by atoms with Crippen LogP contribution in [0.15, 0.2) is 83.1 Å². The van der Waals surface area contributed by atoms with Crippen molar-refractivity contribution >= 4 is 45.7 Å². The minimum absolute atomic E-state index is 0. The summed E-state index contributed by atoms with van der Waals surface area (Å²) in [6.07, 6.45) is 8.60. The monoisotopic (exact) mass is 390 g/mol. The number of sulfonamides is 1. The Labute approximate surface area is 159 Å². The molecule has 1 aliphatic rings. The van der Waals surface area contributed by atoms with Crippen molar-refractivity contribution in [3.05, 3.63) is 73.2 Å². The zero-order valence-electron chi connectivity index (χ0n) is 14.1. The first-order valence-electron chi connectivity index (χ1n) is 7.58. The van der Waals surface area contributed by atoms with Gasteiger partial charge in [0.05, 0.1) is 22.0 Å². The van der Waals surface area contributed by atoms with E-state index in [1.165, 1.54) is 17.4 Å². The van der Waals surface area contributed by atoms with Crippen molar-refractivity contribution in [2.75, 3.05) is 22.0 Å². The van der Waals surface area contributed by atoms with E-state index in [0.717, 1.165) is 0 Å². The summed E-state index contributed by atoms with van der Waals surface area (Å²) in [5, 5.41) is 0. The molecular formula is C18H19ClN4O2S. The van der Waals surface area contributed by atoms with Crippen LogP contribution in [0.2, 0.25) is 0 Å². The number of aliphatic imine (C=N–C) groups is 1. The fourth-order valence-corrected chi connectivity index (χ4v) is 3.65. The number of hydrogen-bond acceptors (Lipinski definition) is 5. The molecule has 0 atom stereocenters. The van der Waals surface area contributed by atoms with Gasteiger partial charge in [-0.2, -0.15) is 0 Å². The maximum absolute atomic E-state index is 12.8. The van der Waals surface area contributed by atoms with Crippen molar-refractivity contribution in [2.45, 2.75) is 4.90 Å². The normalized spacial score (nSPS) is 13.2. The number of hydrogen-bond donors (Lipinski definition) is 1. The standard InChI is InChI=1S/C18H18N4O2S.ClH/c1-21(15-6-3-2-4-7-15)25(23,24)16-8-9-18(17(19)14-16)22-12-5-10-20-11-13-22;/h2-14H,19H2,1H3;1H. The smallest absolute Gasteiger partial charge is 0.264 e. The van der Waals surface area contributed by atoms with E-state index in [9.17, 15) is 8.42 Å². The summed E-state index contributed by atoms with van der Waals surface area (Å²) in [5.74, 6) is 0. The third-order valence-electron chi connectivity index (χ3n) is 3.79. The third kappa shape index (κ3) is 3.89. The molecule has 3 rings (SSSR count). The number of anilines is 3. The number of nitrogens with zero attached hydrogens (tertiary/aromatic N) is 3. The van der Waals surface area contributed by atoms with Crippen LogP contribution in [-0.2, 0) is 10.0 Å². The van der Waals surface area contributed by atoms with Gasteiger partial charge in [0.25, 0.3) is 10.0 Å². The van der Waals surface area contributed by atoms with Gasteiger partial charge in [-0.25, -0.2) is 8.42 Å². The van der Waals surface area contributed by atoms with Crippen LogP contribution in [0.5, 0.6) is 0 Å². The Morgan fingerprint density at radius 1 is 1.08 bits per heavy atom. The summed E-state index contributed by atoms with van der Waals surface area (Å²) in [5.41, 5.74) is 7.73. The van der Waals surface area contributed by atoms with Gasteiger partial charge in [-0.1, -0.05) is 18.2 Å². The number of rotatable bonds is 4.